The lowest BCUT2D eigenvalue weighted by atomic mass is 10.0. The molecule has 0 aromatic heterocycles. The molecule has 18 heavy (non-hydrogen) atoms. The number of carbonyl (C=O) groups excluding carboxylic acids is 1. The Hall–Kier alpha value is -1.10. The van der Waals surface area contributed by atoms with Gasteiger partial charge >= 0.3 is 0 Å². The fraction of sp³-hybridized carbons (Fsp3) is 0.462. The fourth-order valence-electron chi connectivity index (χ4n) is 2.34. The molecule has 2 unspecified atom stereocenters. The maximum Gasteiger partial charge on any atom is 0.257 e. The average molecular weight is 316 g/mol. The molecule has 98 valence electrons. The van der Waals surface area contributed by atoms with Crippen LogP contribution in [0.15, 0.2) is 18.2 Å². The van der Waals surface area contributed by atoms with Gasteiger partial charge in [0.05, 0.1) is 5.56 Å². The molecule has 0 saturated carbocycles. The van der Waals surface area contributed by atoms with E-state index in [2.05, 4.69) is 22.9 Å². The first-order valence-corrected chi connectivity index (χ1v) is 7.02. The van der Waals surface area contributed by atoms with Gasteiger partial charge in [0.25, 0.3) is 5.91 Å². The van der Waals surface area contributed by atoms with E-state index in [4.69, 9.17) is 0 Å². The molecule has 1 N–H and O–H groups in total. The molecular formula is C13H15BrFNO2. The first kappa shape index (κ1) is 13.3. The predicted octanol–water partition coefficient (Wildman–Crippen LogP) is 2.78. The maximum atomic E-state index is 12.9. The molecule has 1 fully saturated rings. The summed E-state index contributed by atoms with van der Waals surface area (Å²) in [7, 11) is 0. The summed E-state index contributed by atoms with van der Waals surface area (Å²) in [6.45, 7) is 2.77. The van der Waals surface area contributed by atoms with Crippen molar-refractivity contribution in [2.45, 2.75) is 19.4 Å². The number of nitrogens with zero attached hydrogens (tertiary/aromatic N) is 1. The van der Waals surface area contributed by atoms with Crippen molar-refractivity contribution in [2.75, 3.05) is 11.9 Å². The summed E-state index contributed by atoms with van der Waals surface area (Å²) < 4.78 is 12.9. The lowest BCUT2D eigenvalue weighted by Crippen LogP contribution is -2.38. The predicted molar refractivity (Wildman–Crippen MR) is 70.5 cm³/mol. The van der Waals surface area contributed by atoms with Gasteiger partial charge in [0.15, 0.2) is 0 Å². The number of halogens is 2. The van der Waals surface area contributed by atoms with Crippen molar-refractivity contribution in [2.24, 2.45) is 5.92 Å². The van der Waals surface area contributed by atoms with Crippen LogP contribution in [0.5, 0.6) is 5.75 Å². The number of phenols is 1. The van der Waals surface area contributed by atoms with E-state index in [9.17, 15) is 14.3 Å². The number of hydrogen-bond acceptors (Lipinski definition) is 2. The topological polar surface area (TPSA) is 40.5 Å². The number of amides is 1. The summed E-state index contributed by atoms with van der Waals surface area (Å²) in [5.41, 5.74) is 0.163. The Morgan fingerprint density at radius 2 is 2.33 bits per heavy atom. The molecule has 0 spiro atoms. The van der Waals surface area contributed by atoms with Gasteiger partial charge in [-0.3, -0.25) is 4.79 Å². The molecule has 1 aromatic rings. The van der Waals surface area contributed by atoms with Crippen LogP contribution in [0.2, 0.25) is 0 Å². The van der Waals surface area contributed by atoms with Gasteiger partial charge in [0.1, 0.15) is 11.6 Å². The first-order valence-electron chi connectivity index (χ1n) is 5.90. The van der Waals surface area contributed by atoms with Gasteiger partial charge in [-0.25, -0.2) is 4.39 Å². The number of aromatic hydroxyl groups is 1. The molecule has 1 heterocycles. The molecule has 5 heteroatoms. The van der Waals surface area contributed by atoms with E-state index >= 15 is 0 Å². The minimum atomic E-state index is -0.545. The Balaban J connectivity index is 2.26. The van der Waals surface area contributed by atoms with Gasteiger partial charge < -0.3 is 10.0 Å². The number of phenolic OH excluding ortho intramolecular Hbond substituents is 1. The summed E-state index contributed by atoms with van der Waals surface area (Å²) in [6, 6.07) is 3.62. The first-order chi connectivity index (χ1) is 8.54. The van der Waals surface area contributed by atoms with Crippen LogP contribution in [0.3, 0.4) is 0 Å². The smallest absolute Gasteiger partial charge is 0.257 e. The quantitative estimate of drug-likeness (QED) is 0.853. The van der Waals surface area contributed by atoms with E-state index in [1.54, 1.807) is 4.90 Å². The summed E-state index contributed by atoms with van der Waals surface area (Å²) >= 11 is 3.41. The third kappa shape index (κ3) is 2.36. The van der Waals surface area contributed by atoms with Crippen molar-refractivity contribution in [1.29, 1.82) is 0 Å². The van der Waals surface area contributed by atoms with Crippen LogP contribution in [-0.4, -0.2) is 33.8 Å². The second kappa shape index (κ2) is 5.26. The highest BCUT2D eigenvalue weighted by molar-refractivity contribution is 9.09. The standard InChI is InChI=1S/C13H15BrFNO2/c1-8-4-5-16(11(8)7-14)13(18)10-3-2-9(15)6-12(10)17/h2-3,6,8,11,17H,4-5,7H2,1H3. The molecule has 1 aliphatic rings. The number of hydrogen-bond donors (Lipinski definition) is 1. The number of benzene rings is 1. The Morgan fingerprint density at radius 1 is 1.61 bits per heavy atom. The molecule has 3 nitrogen and oxygen atoms in total. The number of alkyl halides is 1. The zero-order valence-electron chi connectivity index (χ0n) is 10.1. The van der Waals surface area contributed by atoms with Gasteiger partial charge in [0, 0.05) is 24.0 Å². The van der Waals surface area contributed by atoms with Gasteiger partial charge in [-0.05, 0) is 24.5 Å². The highest BCUT2D eigenvalue weighted by Gasteiger charge is 2.34. The SMILES string of the molecule is CC1CCN(C(=O)c2ccc(F)cc2O)C1CBr. The summed E-state index contributed by atoms with van der Waals surface area (Å²) in [6.07, 6.45) is 0.948. The van der Waals surface area contributed by atoms with Crippen molar-refractivity contribution in [3.05, 3.63) is 29.6 Å². The van der Waals surface area contributed by atoms with Crippen molar-refractivity contribution < 1.29 is 14.3 Å². The second-order valence-electron chi connectivity index (χ2n) is 4.65. The monoisotopic (exact) mass is 315 g/mol. The Kier molecular flexibility index (Phi) is 3.90. The van der Waals surface area contributed by atoms with Gasteiger partial charge in [-0.15, -0.1) is 0 Å². The van der Waals surface area contributed by atoms with Crippen LogP contribution >= 0.6 is 15.9 Å². The second-order valence-corrected chi connectivity index (χ2v) is 5.30. The molecule has 1 amide bonds. The minimum absolute atomic E-state index is 0.127. The molecular weight excluding hydrogens is 301 g/mol. The fourth-order valence-corrected chi connectivity index (χ4v) is 3.32. The van der Waals surface area contributed by atoms with Crippen LogP contribution in [-0.2, 0) is 0 Å². The largest absolute Gasteiger partial charge is 0.507 e. The Bertz CT molecular complexity index is 466. The van der Waals surface area contributed by atoms with Crippen molar-refractivity contribution >= 4 is 21.8 Å². The van der Waals surface area contributed by atoms with Crippen molar-refractivity contribution in [3.8, 4) is 5.75 Å². The zero-order chi connectivity index (χ0) is 13.3. The third-order valence-electron chi connectivity index (χ3n) is 3.49. The van der Waals surface area contributed by atoms with E-state index in [1.807, 2.05) is 0 Å². The highest BCUT2D eigenvalue weighted by atomic mass is 79.9. The molecule has 0 aliphatic carbocycles. The molecule has 1 aliphatic heterocycles. The van der Waals surface area contributed by atoms with Crippen LogP contribution in [0.1, 0.15) is 23.7 Å². The van der Waals surface area contributed by atoms with E-state index < -0.39 is 5.82 Å². The average Bonchev–Trinajstić information content (AvgIpc) is 2.69. The summed E-state index contributed by atoms with van der Waals surface area (Å²) in [4.78, 5) is 14.1. The van der Waals surface area contributed by atoms with Crippen LogP contribution in [0.4, 0.5) is 4.39 Å². The molecule has 0 bridgehead atoms. The normalized spacial score (nSPS) is 23.4. The minimum Gasteiger partial charge on any atom is -0.507 e. The third-order valence-corrected chi connectivity index (χ3v) is 4.16. The Morgan fingerprint density at radius 3 is 2.94 bits per heavy atom. The number of carbonyl (C=O) groups is 1. The lowest BCUT2D eigenvalue weighted by Gasteiger charge is -2.25. The molecule has 2 atom stereocenters. The van der Waals surface area contributed by atoms with E-state index in [0.29, 0.717) is 17.8 Å². The summed E-state index contributed by atoms with van der Waals surface area (Å²) in [5, 5.41) is 10.4. The maximum absolute atomic E-state index is 12.9. The van der Waals surface area contributed by atoms with Crippen LogP contribution < -0.4 is 0 Å². The van der Waals surface area contributed by atoms with Crippen LogP contribution in [0.25, 0.3) is 0 Å². The molecule has 1 saturated heterocycles. The molecule has 0 radical (unpaired) electrons. The number of likely N-dealkylation sites (tertiary alicyclic amines) is 1. The van der Waals surface area contributed by atoms with E-state index in [1.165, 1.54) is 12.1 Å². The van der Waals surface area contributed by atoms with Gasteiger partial charge in [-0.2, -0.15) is 0 Å². The van der Waals surface area contributed by atoms with E-state index in [-0.39, 0.29) is 23.3 Å². The van der Waals surface area contributed by atoms with Gasteiger partial charge in [0.2, 0.25) is 0 Å². The lowest BCUT2D eigenvalue weighted by molar-refractivity contribution is 0.0735. The van der Waals surface area contributed by atoms with E-state index in [0.717, 1.165) is 12.5 Å². The Labute approximate surface area is 114 Å². The summed E-state index contributed by atoms with van der Waals surface area (Å²) in [5.74, 6) is -0.652. The number of rotatable bonds is 2. The van der Waals surface area contributed by atoms with Gasteiger partial charge in [-0.1, -0.05) is 22.9 Å². The highest BCUT2D eigenvalue weighted by Crippen LogP contribution is 2.29. The van der Waals surface area contributed by atoms with Crippen LogP contribution in [0, 0.1) is 11.7 Å². The zero-order valence-corrected chi connectivity index (χ0v) is 11.7. The molecule has 1 aromatic carbocycles. The van der Waals surface area contributed by atoms with Crippen molar-refractivity contribution in [1.82, 2.24) is 4.90 Å². The van der Waals surface area contributed by atoms with Crippen molar-refractivity contribution in [3.63, 3.8) is 0 Å². The molecule has 2 rings (SSSR count).